The molecule has 0 aliphatic heterocycles. The molecule has 1 aromatic carbocycles. The number of anilines is 1. The van der Waals surface area contributed by atoms with Crippen LogP contribution < -0.4 is 5.32 Å². The minimum Gasteiger partial charge on any atom is -0.465 e. The van der Waals surface area contributed by atoms with Crippen molar-refractivity contribution in [2.24, 2.45) is 0 Å². The van der Waals surface area contributed by atoms with Gasteiger partial charge in [-0.25, -0.2) is 4.79 Å². The highest BCUT2D eigenvalue weighted by molar-refractivity contribution is 9.10. The summed E-state index contributed by atoms with van der Waals surface area (Å²) in [6.07, 6.45) is 1.01. The Hall–Kier alpha value is -1.66. The number of benzene rings is 1. The summed E-state index contributed by atoms with van der Waals surface area (Å²) in [6.45, 7) is 0. The van der Waals surface area contributed by atoms with E-state index >= 15 is 0 Å². The normalized spacial score (nSPS) is 10.2. The van der Waals surface area contributed by atoms with Crippen LogP contribution in [0.1, 0.15) is 22.3 Å². The Morgan fingerprint density at radius 2 is 1.95 bits per heavy atom. The monoisotopic (exact) mass is 367 g/mol. The van der Waals surface area contributed by atoms with Gasteiger partial charge in [0.2, 0.25) is 5.91 Å². The SMILES string of the molecule is COC(=O)c1cscc1NC(=O)CCc1ccc(Br)cc1. The summed E-state index contributed by atoms with van der Waals surface area (Å²) in [5.41, 5.74) is 1.99. The van der Waals surface area contributed by atoms with Crippen LogP contribution in [0.4, 0.5) is 5.69 Å². The minimum absolute atomic E-state index is 0.124. The second-order valence-corrected chi connectivity index (χ2v) is 6.02. The molecule has 0 aliphatic rings. The fourth-order valence-electron chi connectivity index (χ4n) is 1.78. The second kappa shape index (κ2) is 7.38. The smallest absolute Gasteiger partial charge is 0.340 e. The summed E-state index contributed by atoms with van der Waals surface area (Å²) in [5, 5.41) is 6.14. The predicted octanol–water partition coefficient (Wildman–Crippen LogP) is 3.87. The van der Waals surface area contributed by atoms with Crippen LogP contribution in [0, 0.1) is 0 Å². The third-order valence-corrected chi connectivity index (χ3v) is 4.17. The molecule has 1 N–H and O–H groups in total. The van der Waals surface area contributed by atoms with Crippen molar-refractivity contribution in [3.8, 4) is 0 Å². The Morgan fingerprint density at radius 1 is 1.24 bits per heavy atom. The highest BCUT2D eigenvalue weighted by atomic mass is 79.9. The Labute approximate surface area is 135 Å². The topological polar surface area (TPSA) is 55.4 Å². The first kappa shape index (κ1) is 15.7. The number of rotatable bonds is 5. The summed E-state index contributed by atoms with van der Waals surface area (Å²) in [5.74, 6) is -0.569. The number of hydrogen-bond donors (Lipinski definition) is 1. The molecule has 6 heteroatoms. The largest absolute Gasteiger partial charge is 0.465 e. The van der Waals surface area contributed by atoms with Crippen LogP contribution in [0.3, 0.4) is 0 Å². The van der Waals surface area contributed by atoms with E-state index in [0.717, 1.165) is 10.0 Å². The van der Waals surface area contributed by atoms with Crippen molar-refractivity contribution in [3.05, 3.63) is 50.6 Å². The highest BCUT2D eigenvalue weighted by Crippen LogP contribution is 2.22. The number of amides is 1. The van der Waals surface area contributed by atoms with Crippen molar-refractivity contribution in [3.63, 3.8) is 0 Å². The molecule has 0 saturated carbocycles. The molecule has 0 spiro atoms. The van der Waals surface area contributed by atoms with Crippen molar-refractivity contribution in [1.82, 2.24) is 0 Å². The van der Waals surface area contributed by atoms with E-state index in [4.69, 9.17) is 0 Å². The minimum atomic E-state index is -0.445. The summed E-state index contributed by atoms with van der Waals surface area (Å²) < 4.78 is 5.68. The van der Waals surface area contributed by atoms with Crippen LogP contribution in [0.2, 0.25) is 0 Å². The van der Waals surface area contributed by atoms with E-state index in [1.165, 1.54) is 18.4 Å². The van der Waals surface area contributed by atoms with Gasteiger partial charge in [-0.3, -0.25) is 4.79 Å². The molecule has 21 heavy (non-hydrogen) atoms. The number of carbonyl (C=O) groups excluding carboxylic acids is 2. The number of carbonyl (C=O) groups is 2. The van der Waals surface area contributed by atoms with E-state index in [2.05, 4.69) is 26.0 Å². The molecular formula is C15H14BrNO3S. The molecular weight excluding hydrogens is 354 g/mol. The lowest BCUT2D eigenvalue weighted by Gasteiger charge is -2.06. The summed E-state index contributed by atoms with van der Waals surface area (Å²) >= 11 is 4.72. The lowest BCUT2D eigenvalue weighted by molar-refractivity contribution is -0.116. The molecule has 110 valence electrons. The third-order valence-electron chi connectivity index (χ3n) is 2.90. The van der Waals surface area contributed by atoms with Gasteiger partial charge in [0.25, 0.3) is 0 Å². The van der Waals surface area contributed by atoms with Gasteiger partial charge in [-0.1, -0.05) is 28.1 Å². The van der Waals surface area contributed by atoms with E-state index in [1.54, 1.807) is 10.8 Å². The molecule has 1 aromatic heterocycles. The zero-order valence-electron chi connectivity index (χ0n) is 11.4. The summed E-state index contributed by atoms with van der Waals surface area (Å²) in [6, 6.07) is 7.84. The van der Waals surface area contributed by atoms with Gasteiger partial charge in [-0.2, -0.15) is 0 Å². The van der Waals surface area contributed by atoms with Gasteiger partial charge in [-0.05, 0) is 24.1 Å². The van der Waals surface area contributed by atoms with Crippen molar-refractivity contribution in [1.29, 1.82) is 0 Å². The molecule has 1 heterocycles. The van der Waals surface area contributed by atoms with Crippen LogP contribution in [0.5, 0.6) is 0 Å². The highest BCUT2D eigenvalue weighted by Gasteiger charge is 2.14. The molecule has 0 saturated heterocycles. The molecule has 0 aliphatic carbocycles. The molecule has 1 amide bonds. The van der Waals surface area contributed by atoms with Gasteiger partial charge in [0.1, 0.15) is 0 Å². The van der Waals surface area contributed by atoms with E-state index in [1.807, 2.05) is 24.3 Å². The average Bonchev–Trinajstić information content (AvgIpc) is 2.94. The second-order valence-electron chi connectivity index (χ2n) is 4.37. The molecule has 4 nitrogen and oxygen atoms in total. The fourth-order valence-corrected chi connectivity index (χ4v) is 2.80. The van der Waals surface area contributed by atoms with Crippen molar-refractivity contribution >= 4 is 44.8 Å². The lowest BCUT2D eigenvalue weighted by Crippen LogP contribution is -2.14. The van der Waals surface area contributed by atoms with Crippen molar-refractivity contribution in [2.45, 2.75) is 12.8 Å². The Kier molecular flexibility index (Phi) is 5.52. The standard InChI is InChI=1S/C15H14BrNO3S/c1-20-15(19)12-8-21-9-13(12)17-14(18)7-4-10-2-5-11(16)6-3-10/h2-3,5-6,8-9H,4,7H2,1H3,(H,17,18). The number of aryl methyl sites for hydroxylation is 1. The van der Waals surface area contributed by atoms with E-state index in [0.29, 0.717) is 24.1 Å². The van der Waals surface area contributed by atoms with Gasteiger partial charge in [-0.15, -0.1) is 11.3 Å². The number of hydrogen-bond acceptors (Lipinski definition) is 4. The Bertz CT molecular complexity index is 637. The van der Waals surface area contributed by atoms with Crippen molar-refractivity contribution in [2.75, 3.05) is 12.4 Å². The van der Waals surface area contributed by atoms with Gasteiger partial charge in [0, 0.05) is 21.7 Å². The molecule has 0 radical (unpaired) electrons. The fraction of sp³-hybridized carbons (Fsp3) is 0.200. The van der Waals surface area contributed by atoms with Gasteiger partial charge in [0.15, 0.2) is 0 Å². The molecule has 0 bridgehead atoms. The number of halogens is 1. The van der Waals surface area contributed by atoms with E-state index < -0.39 is 5.97 Å². The molecule has 0 fully saturated rings. The maximum absolute atomic E-state index is 11.9. The van der Waals surface area contributed by atoms with Gasteiger partial charge < -0.3 is 10.1 Å². The number of nitrogens with one attached hydrogen (secondary N) is 1. The zero-order valence-corrected chi connectivity index (χ0v) is 13.8. The lowest BCUT2D eigenvalue weighted by atomic mass is 10.1. The van der Waals surface area contributed by atoms with E-state index in [-0.39, 0.29) is 5.91 Å². The maximum atomic E-state index is 11.9. The predicted molar refractivity (Wildman–Crippen MR) is 86.8 cm³/mol. The summed E-state index contributed by atoms with van der Waals surface area (Å²) in [4.78, 5) is 23.5. The first-order valence-electron chi connectivity index (χ1n) is 6.29. The quantitative estimate of drug-likeness (QED) is 0.816. The van der Waals surface area contributed by atoms with Crippen LogP contribution in [-0.4, -0.2) is 19.0 Å². The van der Waals surface area contributed by atoms with Crippen LogP contribution in [0.25, 0.3) is 0 Å². The number of esters is 1. The zero-order chi connectivity index (χ0) is 15.2. The molecule has 0 atom stereocenters. The van der Waals surface area contributed by atoms with E-state index in [9.17, 15) is 9.59 Å². The van der Waals surface area contributed by atoms with Crippen LogP contribution in [-0.2, 0) is 16.0 Å². The average molecular weight is 368 g/mol. The molecule has 2 rings (SSSR count). The first-order chi connectivity index (χ1) is 10.1. The Balaban J connectivity index is 1.92. The first-order valence-corrected chi connectivity index (χ1v) is 8.02. The van der Waals surface area contributed by atoms with Crippen molar-refractivity contribution < 1.29 is 14.3 Å². The summed E-state index contributed by atoms with van der Waals surface area (Å²) in [7, 11) is 1.32. The van der Waals surface area contributed by atoms with Gasteiger partial charge in [0.05, 0.1) is 18.4 Å². The van der Waals surface area contributed by atoms with Crippen LogP contribution in [0.15, 0.2) is 39.5 Å². The maximum Gasteiger partial charge on any atom is 0.340 e. The van der Waals surface area contributed by atoms with Gasteiger partial charge >= 0.3 is 5.97 Å². The molecule has 0 unspecified atom stereocenters. The number of ether oxygens (including phenoxy) is 1. The molecule has 2 aromatic rings. The Morgan fingerprint density at radius 3 is 2.62 bits per heavy atom. The van der Waals surface area contributed by atoms with Crippen LogP contribution >= 0.6 is 27.3 Å². The number of thiophene rings is 1. The third kappa shape index (κ3) is 4.41. The number of methoxy groups -OCH3 is 1.